The Bertz CT molecular complexity index is 945. The van der Waals surface area contributed by atoms with Crippen molar-refractivity contribution in [2.24, 2.45) is 0 Å². The normalized spacial score (nSPS) is 14.7. The van der Waals surface area contributed by atoms with Crippen molar-refractivity contribution in [1.82, 2.24) is 0 Å². The van der Waals surface area contributed by atoms with Crippen LogP contribution < -0.4 is 4.90 Å². The third kappa shape index (κ3) is 3.07. The van der Waals surface area contributed by atoms with E-state index in [-0.39, 0.29) is 24.3 Å². The molecule has 3 rings (SSSR count). The largest absolute Gasteiger partial charge is 0.462 e. The molecule has 1 heterocycles. The predicted octanol–water partition coefficient (Wildman–Crippen LogP) is 3.21. The number of nitrogens with zero attached hydrogens (tertiary/aromatic N) is 2. The molecular formula is C20H15FN2O3. The Kier molecular flexibility index (Phi) is 4.81. The minimum absolute atomic E-state index is 0.0647. The van der Waals surface area contributed by atoms with Gasteiger partial charge in [0.05, 0.1) is 24.4 Å². The highest BCUT2D eigenvalue weighted by atomic mass is 19.1. The Morgan fingerprint density at radius 3 is 2.62 bits per heavy atom. The van der Waals surface area contributed by atoms with Crippen molar-refractivity contribution in [2.75, 3.05) is 11.5 Å². The monoisotopic (exact) mass is 350 g/mol. The number of anilines is 1. The van der Waals surface area contributed by atoms with Gasteiger partial charge < -0.3 is 9.64 Å². The number of fused-ring (bicyclic) bond motifs is 1. The molecule has 0 unspecified atom stereocenters. The third-order valence-corrected chi connectivity index (χ3v) is 4.00. The molecule has 6 heteroatoms. The van der Waals surface area contributed by atoms with E-state index in [1.165, 1.54) is 17.0 Å². The number of halogens is 1. The smallest absolute Gasteiger partial charge is 0.349 e. The molecule has 0 atom stereocenters. The fourth-order valence-corrected chi connectivity index (χ4v) is 2.87. The molecule has 0 radical (unpaired) electrons. The SMILES string of the molecule is CCOC(=O)/C(C#N)=C1\C(=O)N(Cc2ccccc2)c2ccc(F)cc21. The number of ether oxygens (including phenoxy) is 1. The molecule has 130 valence electrons. The number of esters is 1. The predicted molar refractivity (Wildman–Crippen MR) is 93.2 cm³/mol. The lowest BCUT2D eigenvalue weighted by molar-refractivity contribution is -0.138. The van der Waals surface area contributed by atoms with Crippen LogP contribution in [0, 0.1) is 17.1 Å². The lowest BCUT2D eigenvalue weighted by Gasteiger charge is -2.17. The van der Waals surface area contributed by atoms with Crippen LogP contribution in [-0.4, -0.2) is 18.5 Å². The number of amides is 1. The Balaban J connectivity index is 2.14. The van der Waals surface area contributed by atoms with E-state index in [4.69, 9.17) is 4.74 Å². The number of carbonyl (C=O) groups excluding carboxylic acids is 2. The Labute approximate surface area is 149 Å². The number of hydrogen-bond donors (Lipinski definition) is 0. The van der Waals surface area contributed by atoms with Crippen molar-refractivity contribution in [2.45, 2.75) is 13.5 Å². The van der Waals surface area contributed by atoms with Gasteiger partial charge in [0.1, 0.15) is 11.9 Å². The zero-order valence-electron chi connectivity index (χ0n) is 14.0. The van der Waals surface area contributed by atoms with Gasteiger partial charge in [-0.25, -0.2) is 9.18 Å². The lowest BCUT2D eigenvalue weighted by atomic mass is 10.0. The summed E-state index contributed by atoms with van der Waals surface area (Å²) in [7, 11) is 0. The van der Waals surface area contributed by atoms with Crippen LogP contribution in [0.1, 0.15) is 18.1 Å². The Morgan fingerprint density at radius 2 is 1.96 bits per heavy atom. The van der Waals surface area contributed by atoms with Crippen molar-refractivity contribution in [3.05, 3.63) is 71.0 Å². The molecule has 0 bridgehead atoms. The van der Waals surface area contributed by atoms with Crippen LogP contribution in [0.25, 0.3) is 5.57 Å². The van der Waals surface area contributed by atoms with E-state index in [0.29, 0.717) is 5.69 Å². The van der Waals surface area contributed by atoms with Crippen molar-refractivity contribution in [3.63, 3.8) is 0 Å². The molecule has 1 aliphatic heterocycles. The molecule has 26 heavy (non-hydrogen) atoms. The minimum Gasteiger partial charge on any atom is -0.462 e. The van der Waals surface area contributed by atoms with Crippen molar-refractivity contribution >= 4 is 23.1 Å². The number of nitriles is 1. The molecule has 5 nitrogen and oxygen atoms in total. The van der Waals surface area contributed by atoms with Gasteiger partial charge in [-0.15, -0.1) is 0 Å². The highest BCUT2D eigenvalue weighted by Crippen LogP contribution is 2.40. The van der Waals surface area contributed by atoms with Crippen LogP contribution in [0.4, 0.5) is 10.1 Å². The van der Waals surface area contributed by atoms with Gasteiger partial charge in [0.2, 0.25) is 0 Å². The summed E-state index contributed by atoms with van der Waals surface area (Å²) in [4.78, 5) is 26.5. The summed E-state index contributed by atoms with van der Waals surface area (Å²) >= 11 is 0. The van der Waals surface area contributed by atoms with Gasteiger partial charge in [-0.1, -0.05) is 30.3 Å². The quantitative estimate of drug-likeness (QED) is 0.482. The maximum atomic E-state index is 13.8. The van der Waals surface area contributed by atoms with Gasteiger partial charge in [0.25, 0.3) is 5.91 Å². The molecule has 1 amide bonds. The van der Waals surface area contributed by atoms with E-state index >= 15 is 0 Å². The fraction of sp³-hybridized carbons (Fsp3) is 0.150. The Morgan fingerprint density at radius 1 is 1.23 bits per heavy atom. The molecule has 2 aromatic carbocycles. The van der Waals surface area contributed by atoms with E-state index in [0.717, 1.165) is 11.6 Å². The van der Waals surface area contributed by atoms with E-state index in [9.17, 15) is 19.2 Å². The first-order valence-corrected chi connectivity index (χ1v) is 8.04. The summed E-state index contributed by atoms with van der Waals surface area (Å²) in [6.45, 7) is 1.90. The van der Waals surface area contributed by atoms with Crippen molar-refractivity contribution < 1.29 is 18.7 Å². The van der Waals surface area contributed by atoms with Gasteiger partial charge in [0, 0.05) is 5.56 Å². The van der Waals surface area contributed by atoms with Gasteiger partial charge >= 0.3 is 5.97 Å². The molecule has 0 aliphatic carbocycles. The highest BCUT2D eigenvalue weighted by Gasteiger charge is 2.37. The maximum absolute atomic E-state index is 13.8. The van der Waals surface area contributed by atoms with E-state index < -0.39 is 23.3 Å². The second kappa shape index (κ2) is 7.19. The van der Waals surface area contributed by atoms with Gasteiger partial charge in [-0.2, -0.15) is 5.26 Å². The molecular weight excluding hydrogens is 335 g/mol. The van der Waals surface area contributed by atoms with Crippen LogP contribution in [-0.2, 0) is 20.9 Å². The first-order valence-electron chi connectivity index (χ1n) is 8.04. The summed E-state index contributed by atoms with van der Waals surface area (Å²) in [6, 6.07) is 14.9. The summed E-state index contributed by atoms with van der Waals surface area (Å²) in [5.74, 6) is -1.98. The standard InChI is InChI=1S/C20H15FN2O3/c1-2-26-20(25)16(11-22)18-15-10-14(21)8-9-17(15)23(19(18)24)12-13-6-4-3-5-7-13/h3-10H,2,12H2,1H3/b18-16-. The van der Waals surface area contributed by atoms with E-state index in [1.54, 1.807) is 13.0 Å². The topological polar surface area (TPSA) is 70.4 Å². The number of hydrogen-bond acceptors (Lipinski definition) is 4. The van der Waals surface area contributed by atoms with E-state index in [2.05, 4.69) is 0 Å². The van der Waals surface area contributed by atoms with Crippen LogP contribution in [0.5, 0.6) is 0 Å². The minimum atomic E-state index is -0.893. The molecule has 0 saturated carbocycles. The molecule has 0 fully saturated rings. The molecule has 2 aromatic rings. The van der Waals surface area contributed by atoms with Gasteiger partial charge in [0.15, 0.2) is 5.57 Å². The zero-order valence-corrected chi connectivity index (χ0v) is 14.0. The molecule has 0 aromatic heterocycles. The van der Waals surface area contributed by atoms with Crippen molar-refractivity contribution in [1.29, 1.82) is 5.26 Å². The second-order valence-electron chi connectivity index (χ2n) is 5.62. The summed E-state index contributed by atoms with van der Waals surface area (Å²) in [5.41, 5.74) is 0.991. The molecule has 1 aliphatic rings. The van der Waals surface area contributed by atoms with Gasteiger partial charge in [-0.3, -0.25) is 4.79 Å². The lowest BCUT2D eigenvalue weighted by Crippen LogP contribution is -2.26. The number of rotatable bonds is 4. The summed E-state index contributed by atoms with van der Waals surface area (Å²) < 4.78 is 18.7. The summed E-state index contributed by atoms with van der Waals surface area (Å²) in [6.07, 6.45) is 0. The highest BCUT2D eigenvalue weighted by molar-refractivity contribution is 6.36. The Hall–Kier alpha value is -3.46. The first kappa shape index (κ1) is 17.4. The maximum Gasteiger partial charge on any atom is 0.349 e. The van der Waals surface area contributed by atoms with Crippen LogP contribution in [0.3, 0.4) is 0 Å². The first-order chi connectivity index (χ1) is 12.6. The fourth-order valence-electron chi connectivity index (χ4n) is 2.87. The average Bonchev–Trinajstić information content (AvgIpc) is 2.89. The molecule has 0 spiro atoms. The number of carbonyl (C=O) groups is 2. The molecule has 0 N–H and O–H groups in total. The van der Waals surface area contributed by atoms with Gasteiger partial charge in [-0.05, 0) is 30.7 Å². The average molecular weight is 350 g/mol. The van der Waals surface area contributed by atoms with Crippen molar-refractivity contribution in [3.8, 4) is 6.07 Å². The molecule has 0 saturated heterocycles. The van der Waals surface area contributed by atoms with Crippen LogP contribution >= 0.6 is 0 Å². The zero-order chi connectivity index (χ0) is 18.7. The third-order valence-electron chi connectivity index (χ3n) is 4.00. The van der Waals surface area contributed by atoms with Crippen LogP contribution in [0.15, 0.2) is 54.1 Å². The second-order valence-corrected chi connectivity index (χ2v) is 5.62. The number of benzene rings is 2. The van der Waals surface area contributed by atoms with Crippen LogP contribution in [0.2, 0.25) is 0 Å². The van der Waals surface area contributed by atoms with E-state index in [1.807, 2.05) is 30.3 Å². The summed E-state index contributed by atoms with van der Waals surface area (Å²) in [5, 5.41) is 9.40.